The molecule has 7 heteroatoms. The van der Waals surface area contributed by atoms with Crippen molar-refractivity contribution in [2.75, 3.05) is 25.0 Å². The van der Waals surface area contributed by atoms with Crippen LogP contribution in [0.25, 0.3) is 0 Å². The van der Waals surface area contributed by atoms with Crippen LogP contribution >= 0.6 is 0 Å². The first-order chi connectivity index (χ1) is 10.5. The first-order valence-corrected chi connectivity index (χ1v) is 9.10. The maximum Gasteiger partial charge on any atom is 0.240 e. The smallest absolute Gasteiger partial charge is 0.240 e. The van der Waals surface area contributed by atoms with E-state index in [1.807, 2.05) is 0 Å². The number of amides is 1. The lowest BCUT2D eigenvalue weighted by molar-refractivity contribution is -0.115. The van der Waals surface area contributed by atoms with E-state index in [2.05, 4.69) is 15.4 Å². The number of nitrogens with one attached hydrogen (secondary N) is 3. The van der Waals surface area contributed by atoms with E-state index in [1.54, 1.807) is 19.1 Å². The van der Waals surface area contributed by atoms with E-state index in [9.17, 15) is 13.2 Å². The minimum Gasteiger partial charge on any atom is -0.326 e. The van der Waals surface area contributed by atoms with Gasteiger partial charge in [-0.05, 0) is 56.1 Å². The highest BCUT2D eigenvalue weighted by atomic mass is 32.2. The minimum atomic E-state index is -3.49. The molecule has 0 aliphatic carbocycles. The second-order valence-corrected chi connectivity index (χ2v) is 7.24. The number of carbonyl (C=O) groups excluding carboxylic acids is 1. The van der Waals surface area contributed by atoms with Gasteiger partial charge in [0.15, 0.2) is 0 Å². The Bertz CT molecular complexity index is 593. The topological polar surface area (TPSA) is 87.3 Å². The van der Waals surface area contributed by atoms with Crippen molar-refractivity contribution in [1.29, 1.82) is 0 Å². The van der Waals surface area contributed by atoms with Crippen molar-refractivity contribution in [2.45, 2.75) is 31.1 Å². The highest BCUT2D eigenvalue weighted by Crippen LogP contribution is 2.15. The van der Waals surface area contributed by atoms with Crippen molar-refractivity contribution >= 4 is 21.6 Å². The Morgan fingerprint density at radius 3 is 2.64 bits per heavy atom. The lowest BCUT2D eigenvalue weighted by Crippen LogP contribution is -2.26. The summed E-state index contributed by atoms with van der Waals surface area (Å²) in [6.45, 7) is 4.19. The summed E-state index contributed by atoms with van der Waals surface area (Å²) >= 11 is 0. The van der Waals surface area contributed by atoms with Crippen LogP contribution in [0.1, 0.15) is 26.2 Å². The van der Waals surface area contributed by atoms with Crippen LogP contribution in [-0.2, 0) is 14.8 Å². The van der Waals surface area contributed by atoms with Gasteiger partial charge in [-0.2, -0.15) is 0 Å². The molecule has 1 aliphatic rings. The molecule has 0 aromatic heterocycles. The normalized spacial score (nSPS) is 18.3. The van der Waals surface area contributed by atoms with Gasteiger partial charge in [0.1, 0.15) is 0 Å². The molecule has 122 valence electrons. The molecular formula is C15H23N3O3S. The third kappa shape index (κ3) is 4.79. The standard InChI is InChI=1S/C15H23N3O3S/c1-2-15(19)18-13-3-5-14(6-4-13)22(20,21)17-10-8-12-7-9-16-11-12/h3-6,12,16-17H,2,7-11H2,1H3,(H,18,19). The van der Waals surface area contributed by atoms with Gasteiger partial charge in [0.25, 0.3) is 0 Å². The fraction of sp³-hybridized carbons (Fsp3) is 0.533. The number of sulfonamides is 1. The first-order valence-electron chi connectivity index (χ1n) is 7.61. The molecule has 1 saturated heterocycles. The molecule has 1 heterocycles. The van der Waals surface area contributed by atoms with E-state index in [0.29, 0.717) is 24.6 Å². The number of hydrogen-bond acceptors (Lipinski definition) is 4. The van der Waals surface area contributed by atoms with E-state index in [0.717, 1.165) is 25.9 Å². The van der Waals surface area contributed by atoms with Crippen LogP contribution in [0.4, 0.5) is 5.69 Å². The highest BCUT2D eigenvalue weighted by Gasteiger charge is 2.17. The summed E-state index contributed by atoms with van der Waals surface area (Å²) in [6.07, 6.45) is 2.34. The van der Waals surface area contributed by atoms with Crippen molar-refractivity contribution < 1.29 is 13.2 Å². The summed E-state index contributed by atoms with van der Waals surface area (Å²) in [5.74, 6) is 0.452. The second-order valence-electron chi connectivity index (χ2n) is 5.47. The quantitative estimate of drug-likeness (QED) is 0.705. The third-order valence-electron chi connectivity index (χ3n) is 3.78. The maximum absolute atomic E-state index is 12.2. The number of rotatable bonds is 7. The average Bonchev–Trinajstić information content (AvgIpc) is 3.01. The van der Waals surface area contributed by atoms with Crippen LogP contribution in [0.2, 0.25) is 0 Å². The van der Waals surface area contributed by atoms with Crippen LogP contribution in [0.15, 0.2) is 29.2 Å². The van der Waals surface area contributed by atoms with Gasteiger partial charge < -0.3 is 10.6 Å². The van der Waals surface area contributed by atoms with Crippen LogP contribution in [0.3, 0.4) is 0 Å². The van der Waals surface area contributed by atoms with Crippen molar-refractivity contribution in [3.8, 4) is 0 Å². The number of benzene rings is 1. The fourth-order valence-electron chi connectivity index (χ4n) is 2.41. The Morgan fingerprint density at radius 2 is 2.05 bits per heavy atom. The number of hydrogen-bond donors (Lipinski definition) is 3. The zero-order valence-corrected chi connectivity index (χ0v) is 13.6. The lowest BCUT2D eigenvalue weighted by Gasteiger charge is -2.10. The molecule has 0 bridgehead atoms. The Balaban J connectivity index is 1.89. The van der Waals surface area contributed by atoms with Crippen molar-refractivity contribution in [1.82, 2.24) is 10.0 Å². The number of carbonyl (C=O) groups is 1. The predicted octanol–water partition coefficient (Wildman–Crippen LogP) is 1.31. The third-order valence-corrected chi connectivity index (χ3v) is 5.25. The Morgan fingerprint density at radius 1 is 1.32 bits per heavy atom. The first kappa shape index (κ1) is 16.9. The molecule has 0 saturated carbocycles. The van der Waals surface area contributed by atoms with Crippen LogP contribution in [0.5, 0.6) is 0 Å². The minimum absolute atomic E-state index is 0.0982. The van der Waals surface area contributed by atoms with E-state index in [1.165, 1.54) is 12.1 Å². The molecule has 0 radical (unpaired) electrons. The molecule has 1 amide bonds. The van der Waals surface area contributed by atoms with Crippen molar-refractivity contribution in [3.05, 3.63) is 24.3 Å². The lowest BCUT2D eigenvalue weighted by atomic mass is 10.1. The molecule has 1 fully saturated rings. The van der Waals surface area contributed by atoms with E-state index < -0.39 is 10.0 Å². The molecule has 3 N–H and O–H groups in total. The van der Waals surface area contributed by atoms with Crippen molar-refractivity contribution in [3.63, 3.8) is 0 Å². The van der Waals surface area contributed by atoms with Gasteiger partial charge in [-0.1, -0.05) is 6.92 Å². The van der Waals surface area contributed by atoms with Crippen LogP contribution in [-0.4, -0.2) is 34.0 Å². The summed E-state index contributed by atoms with van der Waals surface area (Å²) < 4.78 is 27.0. The van der Waals surface area contributed by atoms with Gasteiger partial charge in [-0.25, -0.2) is 13.1 Å². The van der Waals surface area contributed by atoms with Crippen LogP contribution < -0.4 is 15.4 Å². The number of anilines is 1. The van der Waals surface area contributed by atoms with Gasteiger partial charge in [0.05, 0.1) is 4.90 Å². The summed E-state index contributed by atoms with van der Waals surface area (Å²) in [5.41, 5.74) is 0.600. The Hall–Kier alpha value is -1.44. The molecule has 1 atom stereocenters. The van der Waals surface area contributed by atoms with E-state index >= 15 is 0 Å². The molecular weight excluding hydrogens is 302 g/mol. The van der Waals surface area contributed by atoms with E-state index in [4.69, 9.17) is 0 Å². The molecule has 1 aliphatic heterocycles. The monoisotopic (exact) mass is 325 g/mol. The fourth-order valence-corrected chi connectivity index (χ4v) is 3.46. The van der Waals surface area contributed by atoms with E-state index in [-0.39, 0.29) is 10.8 Å². The van der Waals surface area contributed by atoms with Gasteiger partial charge in [-0.3, -0.25) is 4.79 Å². The molecule has 22 heavy (non-hydrogen) atoms. The zero-order chi connectivity index (χ0) is 16.0. The largest absolute Gasteiger partial charge is 0.326 e. The summed E-state index contributed by atoms with van der Waals surface area (Å²) in [7, 11) is -3.49. The summed E-state index contributed by atoms with van der Waals surface area (Å²) in [4.78, 5) is 11.5. The second kappa shape index (κ2) is 7.71. The Labute approximate surface area is 131 Å². The van der Waals surface area contributed by atoms with Crippen LogP contribution in [0, 0.1) is 5.92 Å². The summed E-state index contributed by atoms with van der Waals surface area (Å²) in [6, 6.07) is 6.21. The van der Waals surface area contributed by atoms with Gasteiger partial charge in [-0.15, -0.1) is 0 Å². The molecule has 0 spiro atoms. The maximum atomic E-state index is 12.2. The van der Waals surface area contributed by atoms with Gasteiger partial charge >= 0.3 is 0 Å². The van der Waals surface area contributed by atoms with Gasteiger partial charge in [0.2, 0.25) is 15.9 Å². The molecule has 2 rings (SSSR count). The van der Waals surface area contributed by atoms with Crippen molar-refractivity contribution in [2.24, 2.45) is 5.92 Å². The average molecular weight is 325 g/mol. The molecule has 1 aromatic carbocycles. The SMILES string of the molecule is CCC(=O)Nc1ccc(S(=O)(=O)NCCC2CCNC2)cc1. The zero-order valence-electron chi connectivity index (χ0n) is 12.8. The summed E-state index contributed by atoms with van der Waals surface area (Å²) in [5, 5.41) is 5.96. The molecule has 1 aromatic rings. The molecule has 6 nitrogen and oxygen atoms in total. The van der Waals surface area contributed by atoms with Gasteiger partial charge in [0, 0.05) is 18.7 Å². The Kier molecular flexibility index (Phi) is 5.93. The predicted molar refractivity (Wildman–Crippen MR) is 86.1 cm³/mol. The highest BCUT2D eigenvalue weighted by molar-refractivity contribution is 7.89. The molecule has 1 unspecified atom stereocenters.